The molecule has 0 amide bonds. The number of H-pyrrole nitrogens is 1. The van der Waals surface area contributed by atoms with Gasteiger partial charge in [0, 0.05) is 20.3 Å². The number of hydrogen-bond acceptors (Lipinski definition) is 6. The van der Waals surface area contributed by atoms with E-state index in [-0.39, 0.29) is 10.8 Å². The summed E-state index contributed by atoms with van der Waals surface area (Å²) < 4.78 is 21.1. The number of fused-ring (bicyclic) bond motifs is 1. The molecule has 0 bridgehead atoms. The molecule has 0 spiro atoms. The van der Waals surface area contributed by atoms with E-state index in [1.54, 1.807) is 26.4 Å². The minimum atomic E-state index is -0.338. The van der Waals surface area contributed by atoms with Gasteiger partial charge in [-0.3, -0.25) is 9.78 Å². The van der Waals surface area contributed by atoms with Gasteiger partial charge in [0.1, 0.15) is 13.2 Å². The van der Waals surface area contributed by atoms with Crippen LogP contribution in [0.1, 0.15) is 0 Å². The highest BCUT2D eigenvalue weighted by atomic mass is 35.5. The molecule has 0 fully saturated rings. The minimum Gasteiger partial charge on any atom is -0.487 e. The molecular weight excluding hydrogens is 312 g/mol. The van der Waals surface area contributed by atoms with E-state index in [9.17, 15) is 4.79 Å². The molecule has 2 aromatic rings. The zero-order chi connectivity index (χ0) is 15.9. The van der Waals surface area contributed by atoms with Gasteiger partial charge in [0.25, 0.3) is 5.56 Å². The standard InChI is InChI=1S/C14H17ClN2O5/c1-19-3-5-21-11-7-9-10(16-14(15)17-13(9)18)8-12(11)22-6-4-20-2/h7-8H,3-6H2,1-2H3,(H,16,17,18). The third-order valence-corrected chi connectivity index (χ3v) is 3.01. The monoisotopic (exact) mass is 328 g/mol. The van der Waals surface area contributed by atoms with Crippen molar-refractivity contribution < 1.29 is 18.9 Å². The molecule has 0 saturated carbocycles. The third-order valence-electron chi connectivity index (χ3n) is 2.83. The lowest BCUT2D eigenvalue weighted by molar-refractivity contribution is 0.132. The maximum absolute atomic E-state index is 11.9. The first-order chi connectivity index (χ1) is 10.7. The topological polar surface area (TPSA) is 82.7 Å². The quantitative estimate of drug-likeness (QED) is 0.586. The Balaban J connectivity index is 2.38. The molecule has 0 atom stereocenters. The second-order valence-electron chi connectivity index (χ2n) is 4.36. The van der Waals surface area contributed by atoms with Crippen molar-refractivity contribution in [3.05, 3.63) is 27.8 Å². The van der Waals surface area contributed by atoms with Crippen LogP contribution < -0.4 is 15.0 Å². The smallest absolute Gasteiger partial charge is 0.259 e. The van der Waals surface area contributed by atoms with Crippen LogP contribution in [0.5, 0.6) is 11.5 Å². The Bertz CT molecular complexity index is 689. The SMILES string of the molecule is COCCOc1cc2nc(Cl)[nH]c(=O)c2cc1OCCOC. The summed E-state index contributed by atoms with van der Waals surface area (Å²) in [7, 11) is 3.16. The number of rotatable bonds is 8. The van der Waals surface area contributed by atoms with Gasteiger partial charge in [0.15, 0.2) is 11.5 Å². The molecule has 1 N–H and O–H groups in total. The summed E-state index contributed by atoms with van der Waals surface area (Å²) >= 11 is 5.77. The predicted octanol–water partition coefficient (Wildman–Crippen LogP) is 1.63. The summed E-state index contributed by atoms with van der Waals surface area (Å²) in [5, 5.41) is 0.393. The van der Waals surface area contributed by atoms with Crippen molar-refractivity contribution in [1.29, 1.82) is 0 Å². The lowest BCUT2D eigenvalue weighted by Gasteiger charge is -2.13. The van der Waals surface area contributed by atoms with Crippen LogP contribution in [0, 0.1) is 0 Å². The molecule has 1 aromatic heterocycles. The van der Waals surface area contributed by atoms with Crippen molar-refractivity contribution in [2.24, 2.45) is 0 Å². The van der Waals surface area contributed by atoms with Gasteiger partial charge in [-0.15, -0.1) is 0 Å². The fourth-order valence-electron chi connectivity index (χ4n) is 1.81. The largest absolute Gasteiger partial charge is 0.487 e. The average Bonchev–Trinajstić information content (AvgIpc) is 2.48. The van der Waals surface area contributed by atoms with Crippen molar-refractivity contribution in [1.82, 2.24) is 9.97 Å². The lowest BCUT2D eigenvalue weighted by Crippen LogP contribution is -2.11. The van der Waals surface area contributed by atoms with Gasteiger partial charge >= 0.3 is 0 Å². The van der Waals surface area contributed by atoms with E-state index in [0.717, 1.165) is 0 Å². The van der Waals surface area contributed by atoms with Gasteiger partial charge in [0.2, 0.25) is 5.28 Å². The summed E-state index contributed by atoms with van der Waals surface area (Å²) in [6.45, 7) is 1.53. The van der Waals surface area contributed by atoms with E-state index < -0.39 is 0 Å². The molecule has 8 heteroatoms. The third kappa shape index (κ3) is 4.09. The zero-order valence-electron chi connectivity index (χ0n) is 12.3. The molecule has 22 heavy (non-hydrogen) atoms. The number of aromatic amines is 1. The highest BCUT2D eigenvalue weighted by Gasteiger charge is 2.12. The van der Waals surface area contributed by atoms with Crippen LogP contribution in [-0.2, 0) is 9.47 Å². The number of benzene rings is 1. The molecule has 0 aliphatic carbocycles. The van der Waals surface area contributed by atoms with Crippen LogP contribution in [0.25, 0.3) is 10.9 Å². The van der Waals surface area contributed by atoms with Crippen LogP contribution in [0.3, 0.4) is 0 Å². The normalized spacial score (nSPS) is 10.9. The van der Waals surface area contributed by atoms with E-state index in [1.165, 1.54) is 0 Å². The summed E-state index contributed by atoms with van der Waals surface area (Å²) in [6.07, 6.45) is 0. The second-order valence-corrected chi connectivity index (χ2v) is 4.71. The number of nitrogens with one attached hydrogen (secondary N) is 1. The van der Waals surface area contributed by atoms with Crippen molar-refractivity contribution in [2.45, 2.75) is 0 Å². The number of halogens is 1. The molecule has 0 saturated heterocycles. The Hall–Kier alpha value is -1.83. The number of nitrogens with zero attached hydrogens (tertiary/aromatic N) is 1. The molecule has 0 unspecified atom stereocenters. The number of ether oxygens (including phenoxy) is 4. The number of aromatic nitrogens is 2. The van der Waals surface area contributed by atoms with Crippen molar-refractivity contribution in [2.75, 3.05) is 40.6 Å². The highest BCUT2D eigenvalue weighted by Crippen LogP contribution is 2.31. The molecule has 1 heterocycles. The molecular formula is C14H17ClN2O5. The second kappa shape index (κ2) is 7.98. The maximum Gasteiger partial charge on any atom is 0.259 e. The van der Waals surface area contributed by atoms with Crippen LogP contribution in [0.2, 0.25) is 5.28 Å². The predicted molar refractivity (Wildman–Crippen MR) is 82.1 cm³/mol. The van der Waals surface area contributed by atoms with Gasteiger partial charge in [-0.1, -0.05) is 0 Å². The Morgan fingerprint density at radius 1 is 1.05 bits per heavy atom. The highest BCUT2D eigenvalue weighted by molar-refractivity contribution is 6.28. The number of hydrogen-bond donors (Lipinski definition) is 1. The molecule has 2 rings (SSSR count). The van der Waals surface area contributed by atoms with Crippen LogP contribution in [0.15, 0.2) is 16.9 Å². The molecule has 0 aliphatic heterocycles. The number of methoxy groups -OCH3 is 2. The Kier molecular flexibility index (Phi) is 6.00. The Morgan fingerprint density at radius 2 is 1.64 bits per heavy atom. The van der Waals surface area contributed by atoms with E-state index in [2.05, 4.69) is 9.97 Å². The van der Waals surface area contributed by atoms with E-state index >= 15 is 0 Å². The van der Waals surface area contributed by atoms with Crippen LogP contribution in [0.4, 0.5) is 0 Å². The van der Waals surface area contributed by atoms with E-state index in [0.29, 0.717) is 48.8 Å². The first-order valence-electron chi connectivity index (χ1n) is 6.62. The van der Waals surface area contributed by atoms with Crippen molar-refractivity contribution in [3.8, 4) is 11.5 Å². The summed E-state index contributed by atoms with van der Waals surface area (Å²) in [4.78, 5) is 18.5. The molecule has 7 nitrogen and oxygen atoms in total. The summed E-state index contributed by atoms with van der Waals surface area (Å²) in [5.74, 6) is 0.907. The fourth-order valence-corrected chi connectivity index (χ4v) is 1.99. The molecule has 120 valence electrons. The van der Waals surface area contributed by atoms with E-state index in [1.807, 2.05) is 0 Å². The van der Waals surface area contributed by atoms with Gasteiger partial charge < -0.3 is 18.9 Å². The fraction of sp³-hybridized carbons (Fsp3) is 0.429. The van der Waals surface area contributed by atoms with Gasteiger partial charge in [-0.05, 0) is 17.7 Å². The van der Waals surface area contributed by atoms with Gasteiger partial charge in [0.05, 0.1) is 24.1 Å². The van der Waals surface area contributed by atoms with Gasteiger partial charge in [-0.2, -0.15) is 0 Å². The molecule has 1 aromatic carbocycles. The van der Waals surface area contributed by atoms with Crippen molar-refractivity contribution in [3.63, 3.8) is 0 Å². The van der Waals surface area contributed by atoms with Gasteiger partial charge in [-0.25, -0.2) is 4.98 Å². The summed E-state index contributed by atoms with van der Waals surface area (Å²) in [5.41, 5.74) is 0.0929. The van der Waals surface area contributed by atoms with Crippen LogP contribution in [-0.4, -0.2) is 50.6 Å². The lowest BCUT2D eigenvalue weighted by atomic mass is 10.2. The first kappa shape index (κ1) is 16.5. The summed E-state index contributed by atoms with van der Waals surface area (Å²) in [6, 6.07) is 3.20. The average molecular weight is 329 g/mol. The zero-order valence-corrected chi connectivity index (χ0v) is 13.1. The molecule has 0 aliphatic rings. The van der Waals surface area contributed by atoms with Crippen molar-refractivity contribution >= 4 is 22.5 Å². The van der Waals surface area contributed by atoms with E-state index in [4.69, 9.17) is 30.5 Å². The Labute approximate surface area is 132 Å². The van der Waals surface area contributed by atoms with Crippen LogP contribution >= 0.6 is 11.6 Å². The first-order valence-corrected chi connectivity index (χ1v) is 7.00. The minimum absolute atomic E-state index is 0.0217. The maximum atomic E-state index is 11.9. The molecule has 0 radical (unpaired) electrons. The Morgan fingerprint density at radius 3 is 2.23 bits per heavy atom.